The van der Waals surface area contributed by atoms with Crippen molar-refractivity contribution in [2.24, 2.45) is 11.7 Å². The second kappa shape index (κ2) is 25.8. The van der Waals surface area contributed by atoms with Crippen molar-refractivity contribution in [2.45, 2.75) is 168 Å². The summed E-state index contributed by atoms with van der Waals surface area (Å²) in [7, 11) is 0. The second-order valence-electron chi connectivity index (χ2n) is 12.4. The van der Waals surface area contributed by atoms with Crippen LogP contribution in [-0.2, 0) is 23.8 Å². The van der Waals surface area contributed by atoms with Gasteiger partial charge >= 0.3 is 18.0 Å². The van der Waals surface area contributed by atoms with Gasteiger partial charge in [-0.05, 0) is 52.9 Å². The van der Waals surface area contributed by atoms with Crippen molar-refractivity contribution in [3.63, 3.8) is 0 Å². The van der Waals surface area contributed by atoms with Crippen LogP contribution in [0.3, 0.4) is 0 Å². The van der Waals surface area contributed by atoms with Gasteiger partial charge in [-0.15, -0.1) is 0 Å². The minimum Gasteiger partial charge on any atom is -0.465 e. The van der Waals surface area contributed by atoms with Crippen molar-refractivity contribution in [1.29, 1.82) is 0 Å². The molecule has 1 amide bonds. The van der Waals surface area contributed by atoms with Gasteiger partial charge in [-0.2, -0.15) is 0 Å². The highest BCUT2D eigenvalue weighted by molar-refractivity contribution is 5.75. The fourth-order valence-corrected chi connectivity index (χ4v) is 4.61. The zero-order valence-electron chi connectivity index (χ0n) is 27.2. The number of amides is 1. The van der Waals surface area contributed by atoms with Gasteiger partial charge in [0.2, 0.25) is 0 Å². The molecular formula is C33H64N2O6. The topological polar surface area (TPSA) is 117 Å². The highest BCUT2D eigenvalue weighted by Gasteiger charge is 2.20. The van der Waals surface area contributed by atoms with Gasteiger partial charge in [0.05, 0.1) is 19.1 Å². The molecule has 2 atom stereocenters. The van der Waals surface area contributed by atoms with E-state index >= 15 is 0 Å². The summed E-state index contributed by atoms with van der Waals surface area (Å²) in [6.07, 6.45) is 19.8. The summed E-state index contributed by atoms with van der Waals surface area (Å²) in [6.45, 7) is 10.9. The van der Waals surface area contributed by atoms with E-state index < -0.39 is 23.7 Å². The standard InChI is InChI=1S/C33H64N2O6/c1-6-8-10-12-15-19-23-28(22-18-11-9-7-2)30(36)39-26-20-16-13-14-17-21-27-40-31(37)29(34)24-25-35-32(38)41-33(3,4)5/h28-29H,6-27,34H2,1-5H3,(H,35,38)/t28?,29-/m0/s1. The molecule has 0 heterocycles. The molecule has 0 radical (unpaired) electrons. The molecule has 0 saturated carbocycles. The third kappa shape index (κ3) is 25.6. The highest BCUT2D eigenvalue weighted by atomic mass is 16.6. The third-order valence-corrected chi connectivity index (χ3v) is 7.10. The Bertz CT molecular complexity index is 665. The Balaban J connectivity index is 3.89. The molecule has 8 heteroatoms. The maximum Gasteiger partial charge on any atom is 0.407 e. The van der Waals surface area contributed by atoms with Crippen molar-refractivity contribution in [3.05, 3.63) is 0 Å². The fraction of sp³-hybridized carbons (Fsp3) is 0.909. The number of rotatable bonds is 26. The van der Waals surface area contributed by atoms with Crippen LogP contribution in [0.15, 0.2) is 0 Å². The zero-order valence-corrected chi connectivity index (χ0v) is 27.2. The molecule has 0 saturated heterocycles. The van der Waals surface area contributed by atoms with E-state index in [1.807, 2.05) is 0 Å². The Morgan fingerprint density at radius 1 is 0.634 bits per heavy atom. The van der Waals surface area contributed by atoms with Crippen LogP contribution in [0, 0.1) is 5.92 Å². The number of nitrogens with two attached hydrogens (primary N) is 1. The summed E-state index contributed by atoms with van der Waals surface area (Å²) in [6, 6.07) is -0.769. The molecule has 8 nitrogen and oxygen atoms in total. The summed E-state index contributed by atoms with van der Waals surface area (Å²) in [5.41, 5.74) is 5.29. The van der Waals surface area contributed by atoms with Crippen LogP contribution in [0.4, 0.5) is 4.79 Å². The van der Waals surface area contributed by atoms with Gasteiger partial charge in [0.15, 0.2) is 0 Å². The zero-order chi connectivity index (χ0) is 30.8. The van der Waals surface area contributed by atoms with Crippen LogP contribution >= 0.6 is 0 Å². The lowest BCUT2D eigenvalue weighted by atomic mass is 9.94. The largest absolute Gasteiger partial charge is 0.465 e. The molecular weight excluding hydrogens is 520 g/mol. The van der Waals surface area contributed by atoms with Crippen molar-refractivity contribution in [3.8, 4) is 0 Å². The normalized spacial score (nSPS) is 12.9. The Kier molecular flexibility index (Phi) is 24.7. The van der Waals surface area contributed by atoms with Crippen molar-refractivity contribution in [1.82, 2.24) is 5.32 Å². The molecule has 0 aliphatic carbocycles. The number of alkyl carbamates (subject to hydrolysis) is 1. The Morgan fingerprint density at radius 3 is 1.59 bits per heavy atom. The first kappa shape index (κ1) is 39.2. The molecule has 242 valence electrons. The number of carbonyl (C=O) groups is 3. The number of nitrogens with one attached hydrogen (secondary N) is 1. The molecule has 1 unspecified atom stereocenters. The van der Waals surface area contributed by atoms with Crippen molar-refractivity contribution in [2.75, 3.05) is 19.8 Å². The number of hydrogen-bond donors (Lipinski definition) is 2. The predicted molar refractivity (Wildman–Crippen MR) is 167 cm³/mol. The first-order valence-corrected chi connectivity index (χ1v) is 16.7. The summed E-state index contributed by atoms with van der Waals surface area (Å²) < 4.78 is 16.1. The molecule has 0 aromatic rings. The maximum absolute atomic E-state index is 12.7. The average Bonchev–Trinajstić information content (AvgIpc) is 2.91. The Labute approximate surface area is 251 Å². The Hall–Kier alpha value is -1.83. The number of ether oxygens (including phenoxy) is 3. The lowest BCUT2D eigenvalue weighted by Crippen LogP contribution is -2.38. The average molecular weight is 585 g/mol. The van der Waals surface area contributed by atoms with Gasteiger partial charge in [0, 0.05) is 6.54 Å². The minimum atomic E-state index is -0.769. The van der Waals surface area contributed by atoms with Gasteiger partial charge in [-0.25, -0.2) is 4.79 Å². The van der Waals surface area contributed by atoms with E-state index in [4.69, 9.17) is 19.9 Å². The first-order chi connectivity index (χ1) is 19.6. The van der Waals surface area contributed by atoms with Gasteiger partial charge in [0.25, 0.3) is 0 Å². The van der Waals surface area contributed by atoms with E-state index in [0.717, 1.165) is 64.2 Å². The SMILES string of the molecule is CCCCCCCCC(CCCCCC)C(=O)OCCCCCCCCOC(=O)[C@@H](N)CCNC(=O)OC(C)(C)C. The van der Waals surface area contributed by atoms with Gasteiger partial charge < -0.3 is 25.3 Å². The van der Waals surface area contributed by atoms with Crippen LogP contribution in [0.1, 0.15) is 157 Å². The van der Waals surface area contributed by atoms with Crippen LogP contribution in [0.2, 0.25) is 0 Å². The molecule has 3 N–H and O–H groups in total. The lowest BCUT2D eigenvalue weighted by Gasteiger charge is -2.20. The quantitative estimate of drug-likeness (QED) is 0.0601. The number of carbonyl (C=O) groups excluding carboxylic acids is 3. The van der Waals surface area contributed by atoms with Crippen LogP contribution < -0.4 is 11.1 Å². The van der Waals surface area contributed by atoms with E-state index in [1.165, 1.54) is 51.4 Å². The van der Waals surface area contributed by atoms with Crippen LogP contribution in [0.5, 0.6) is 0 Å². The molecule has 0 aliphatic heterocycles. The van der Waals surface area contributed by atoms with Gasteiger partial charge in [-0.3, -0.25) is 9.59 Å². The van der Waals surface area contributed by atoms with E-state index in [1.54, 1.807) is 20.8 Å². The van der Waals surface area contributed by atoms with Crippen LogP contribution in [-0.4, -0.2) is 49.4 Å². The molecule has 0 fully saturated rings. The summed E-state index contributed by atoms with van der Waals surface area (Å²) in [5, 5.41) is 2.59. The van der Waals surface area contributed by atoms with E-state index in [2.05, 4.69) is 19.2 Å². The summed E-state index contributed by atoms with van der Waals surface area (Å²) >= 11 is 0. The summed E-state index contributed by atoms with van der Waals surface area (Å²) in [4.78, 5) is 36.4. The van der Waals surface area contributed by atoms with Crippen molar-refractivity contribution >= 4 is 18.0 Å². The molecule has 0 aliphatic rings. The van der Waals surface area contributed by atoms with Gasteiger partial charge in [-0.1, -0.05) is 104 Å². The van der Waals surface area contributed by atoms with E-state index in [-0.39, 0.29) is 18.4 Å². The monoisotopic (exact) mass is 584 g/mol. The number of hydrogen-bond acceptors (Lipinski definition) is 7. The smallest absolute Gasteiger partial charge is 0.407 e. The summed E-state index contributed by atoms with van der Waals surface area (Å²) in [5.74, 6) is -0.372. The van der Waals surface area contributed by atoms with Crippen LogP contribution in [0.25, 0.3) is 0 Å². The fourth-order valence-electron chi connectivity index (χ4n) is 4.61. The number of unbranched alkanes of at least 4 members (excludes halogenated alkanes) is 13. The lowest BCUT2D eigenvalue weighted by molar-refractivity contribution is -0.149. The minimum absolute atomic E-state index is 0.00991. The highest BCUT2D eigenvalue weighted by Crippen LogP contribution is 2.21. The molecule has 0 spiro atoms. The molecule has 41 heavy (non-hydrogen) atoms. The molecule has 0 aromatic carbocycles. The van der Waals surface area contributed by atoms with E-state index in [9.17, 15) is 14.4 Å². The predicted octanol–water partition coefficient (Wildman–Crippen LogP) is 7.99. The maximum atomic E-state index is 12.7. The molecule has 0 rings (SSSR count). The molecule has 0 bridgehead atoms. The van der Waals surface area contributed by atoms with E-state index in [0.29, 0.717) is 19.6 Å². The van der Waals surface area contributed by atoms with Gasteiger partial charge in [0.1, 0.15) is 11.6 Å². The Morgan fingerprint density at radius 2 is 1.07 bits per heavy atom. The number of esters is 2. The second-order valence-corrected chi connectivity index (χ2v) is 12.4. The molecule has 0 aromatic heterocycles. The first-order valence-electron chi connectivity index (χ1n) is 16.7. The van der Waals surface area contributed by atoms with Crippen molar-refractivity contribution < 1.29 is 28.6 Å². The third-order valence-electron chi connectivity index (χ3n) is 7.10.